The number of nitrogens with zero attached hydrogens (tertiary/aromatic N) is 2. The Morgan fingerprint density at radius 1 is 1.52 bits per heavy atom. The van der Waals surface area contributed by atoms with E-state index in [9.17, 15) is 4.79 Å². The Labute approximate surface area is 130 Å². The van der Waals surface area contributed by atoms with Gasteiger partial charge in [0.25, 0.3) is 5.91 Å². The fraction of sp³-hybridized carbons (Fsp3) is 0.714. The molecule has 1 heterocycles. The number of nitrogens with two attached hydrogens (primary N) is 1. The highest BCUT2D eigenvalue weighted by atomic mass is 32.1. The van der Waals surface area contributed by atoms with E-state index < -0.39 is 0 Å². The highest BCUT2D eigenvalue weighted by Gasteiger charge is 2.22. The Morgan fingerprint density at radius 3 is 2.81 bits per heavy atom. The summed E-state index contributed by atoms with van der Waals surface area (Å²) in [5, 5.41) is 7.07. The number of nitrogen functional groups attached to an aromatic ring is 1. The Morgan fingerprint density at radius 2 is 2.24 bits per heavy atom. The summed E-state index contributed by atoms with van der Waals surface area (Å²) in [6.45, 7) is 2.94. The summed E-state index contributed by atoms with van der Waals surface area (Å²) in [5.74, 6) is 0.192. The number of carbonyl (C=O) groups is 1. The molecule has 0 aromatic carbocycles. The number of hydrogen-bond acceptors (Lipinski definition) is 6. The molecule has 118 valence electrons. The van der Waals surface area contributed by atoms with Gasteiger partial charge in [-0.25, -0.2) is 4.98 Å². The van der Waals surface area contributed by atoms with E-state index in [4.69, 9.17) is 5.73 Å². The van der Waals surface area contributed by atoms with Crippen LogP contribution in [0.25, 0.3) is 0 Å². The zero-order valence-electron chi connectivity index (χ0n) is 13.0. The van der Waals surface area contributed by atoms with Crippen LogP contribution in [0.2, 0.25) is 0 Å². The molecule has 1 unspecified atom stereocenters. The molecule has 21 heavy (non-hydrogen) atoms. The van der Waals surface area contributed by atoms with Gasteiger partial charge in [-0.15, -0.1) is 0 Å². The molecule has 1 atom stereocenters. The molecule has 0 spiro atoms. The Bertz CT molecular complexity index is 484. The van der Waals surface area contributed by atoms with Crippen molar-refractivity contribution in [3.8, 4) is 0 Å². The summed E-state index contributed by atoms with van der Waals surface area (Å²) in [6.07, 6.45) is 4.51. The van der Waals surface area contributed by atoms with Gasteiger partial charge < -0.3 is 21.3 Å². The first-order valence-corrected chi connectivity index (χ1v) is 8.25. The van der Waals surface area contributed by atoms with Gasteiger partial charge in [-0.05, 0) is 53.2 Å². The molecule has 7 heteroatoms. The molecule has 1 saturated carbocycles. The minimum Gasteiger partial charge on any atom is -0.382 e. The predicted octanol–water partition coefficient (Wildman–Crippen LogP) is 1.76. The molecule has 0 radical (unpaired) electrons. The molecular weight excluding hydrogens is 286 g/mol. The van der Waals surface area contributed by atoms with Crippen LogP contribution in [0.3, 0.4) is 0 Å². The Kier molecular flexibility index (Phi) is 5.41. The van der Waals surface area contributed by atoms with E-state index in [-0.39, 0.29) is 11.9 Å². The molecule has 2 rings (SSSR count). The van der Waals surface area contributed by atoms with E-state index in [1.165, 1.54) is 30.6 Å². The maximum atomic E-state index is 12.2. The summed E-state index contributed by atoms with van der Waals surface area (Å²) >= 11 is 1.34. The Balaban J connectivity index is 1.89. The molecule has 1 aliphatic carbocycles. The molecule has 0 bridgehead atoms. The van der Waals surface area contributed by atoms with E-state index in [1.54, 1.807) is 0 Å². The van der Waals surface area contributed by atoms with Crippen molar-refractivity contribution in [2.24, 2.45) is 0 Å². The van der Waals surface area contributed by atoms with Gasteiger partial charge in [-0.3, -0.25) is 4.79 Å². The molecule has 1 fully saturated rings. The number of thiazole rings is 1. The number of rotatable bonds is 7. The summed E-state index contributed by atoms with van der Waals surface area (Å²) in [6, 6.07) is 0.606. The first kappa shape index (κ1) is 16.0. The van der Waals surface area contributed by atoms with Crippen LogP contribution >= 0.6 is 11.3 Å². The van der Waals surface area contributed by atoms with Crippen LogP contribution in [0.4, 0.5) is 10.9 Å². The van der Waals surface area contributed by atoms with Gasteiger partial charge in [-0.2, -0.15) is 0 Å². The van der Waals surface area contributed by atoms with E-state index in [1.807, 2.05) is 21.0 Å². The topological polar surface area (TPSA) is 83.3 Å². The monoisotopic (exact) mass is 311 g/mol. The quantitative estimate of drug-likeness (QED) is 0.714. The van der Waals surface area contributed by atoms with Crippen molar-refractivity contribution in [3.63, 3.8) is 0 Å². The van der Waals surface area contributed by atoms with Crippen LogP contribution in [0.15, 0.2) is 0 Å². The largest absolute Gasteiger partial charge is 0.382 e. The first-order chi connectivity index (χ1) is 9.95. The normalized spacial score (nSPS) is 16.6. The van der Waals surface area contributed by atoms with Gasteiger partial charge in [0.1, 0.15) is 10.7 Å². The summed E-state index contributed by atoms with van der Waals surface area (Å²) in [7, 11) is 4.04. The maximum absolute atomic E-state index is 12.2. The molecule has 6 nitrogen and oxygen atoms in total. The van der Waals surface area contributed by atoms with Crippen LogP contribution in [0.1, 0.15) is 42.3 Å². The molecule has 4 N–H and O–H groups in total. The minimum absolute atomic E-state index is 0.115. The molecule has 1 amide bonds. The van der Waals surface area contributed by atoms with E-state index in [2.05, 4.69) is 20.5 Å². The highest BCUT2D eigenvalue weighted by Crippen LogP contribution is 2.29. The third-order valence-corrected chi connectivity index (χ3v) is 4.68. The van der Waals surface area contributed by atoms with Gasteiger partial charge in [0, 0.05) is 12.1 Å². The van der Waals surface area contributed by atoms with Crippen molar-refractivity contribution >= 4 is 28.2 Å². The van der Waals surface area contributed by atoms with Crippen molar-refractivity contribution in [1.29, 1.82) is 0 Å². The molecule has 1 aromatic rings. The lowest BCUT2D eigenvalue weighted by molar-refractivity contribution is 0.0941. The highest BCUT2D eigenvalue weighted by molar-refractivity contribution is 7.18. The number of anilines is 2. The molecule has 1 aromatic heterocycles. The number of nitrogens with one attached hydrogen (secondary N) is 2. The third kappa shape index (κ3) is 4.57. The minimum atomic E-state index is -0.127. The fourth-order valence-corrected chi connectivity index (χ4v) is 2.96. The number of hydrogen-bond donors (Lipinski definition) is 3. The van der Waals surface area contributed by atoms with Gasteiger partial charge in [0.15, 0.2) is 5.13 Å². The van der Waals surface area contributed by atoms with Crippen molar-refractivity contribution < 1.29 is 4.79 Å². The zero-order valence-corrected chi connectivity index (χ0v) is 13.8. The fourth-order valence-electron chi connectivity index (χ4n) is 2.10. The molecule has 0 aliphatic heterocycles. The van der Waals surface area contributed by atoms with Crippen LogP contribution in [0.5, 0.6) is 0 Å². The second kappa shape index (κ2) is 7.09. The first-order valence-electron chi connectivity index (χ1n) is 7.44. The van der Waals surface area contributed by atoms with E-state index in [0.29, 0.717) is 16.7 Å². The number of aromatic nitrogens is 1. The van der Waals surface area contributed by atoms with Crippen LogP contribution in [-0.2, 0) is 0 Å². The number of carbonyl (C=O) groups excluding carboxylic acids is 1. The second-order valence-corrected chi connectivity index (χ2v) is 6.97. The average Bonchev–Trinajstić information content (AvgIpc) is 2.72. The summed E-state index contributed by atoms with van der Waals surface area (Å²) < 4.78 is 0. The zero-order chi connectivity index (χ0) is 15.4. The lowest BCUT2D eigenvalue weighted by atomic mass is 9.93. The van der Waals surface area contributed by atoms with Crippen molar-refractivity contribution in [2.45, 2.75) is 44.7 Å². The smallest absolute Gasteiger partial charge is 0.265 e. The summed E-state index contributed by atoms with van der Waals surface area (Å²) in [4.78, 5) is 19.1. The van der Waals surface area contributed by atoms with Crippen LogP contribution in [-0.4, -0.2) is 48.5 Å². The molecular formula is C14H25N5OS. The van der Waals surface area contributed by atoms with Crippen molar-refractivity contribution in [3.05, 3.63) is 4.88 Å². The van der Waals surface area contributed by atoms with Gasteiger partial charge in [0.05, 0.1) is 0 Å². The Hall–Kier alpha value is -1.34. The second-order valence-electron chi connectivity index (χ2n) is 5.97. The standard InChI is InChI=1S/C14H25N5OS/c1-9(7-8-19(2)3)16-13(20)11-12(15)18-14(21-11)17-10-5-4-6-10/h9-10H,4-8,15H2,1-3H3,(H,16,20)(H,17,18). The third-order valence-electron chi connectivity index (χ3n) is 3.68. The maximum Gasteiger partial charge on any atom is 0.265 e. The van der Waals surface area contributed by atoms with Crippen molar-refractivity contribution in [2.75, 3.05) is 31.7 Å². The van der Waals surface area contributed by atoms with Crippen LogP contribution < -0.4 is 16.4 Å². The average molecular weight is 311 g/mol. The van der Waals surface area contributed by atoms with Crippen LogP contribution in [0, 0.1) is 0 Å². The SMILES string of the molecule is CC(CCN(C)C)NC(=O)c1sc(NC2CCC2)nc1N. The van der Waals surface area contributed by atoms with Gasteiger partial charge >= 0.3 is 0 Å². The molecule has 1 aliphatic rings. The lowest BCUT2D eigenvalue weighted by Gasteiger charge is -2.25. The molecule has 0 saturated heterocycles. The number of amides is 1. The van der Waals surface area contributed by atoms with Gasteiger partial charge in [-0.1, -0.05) is 11.3 Å². The van der Waals surface area contributed by atoms with E-state index >= 15 is 0 Å². The summed E-state index contributed by atoms with van der Waals surface area (Å²) in [5.41, 5.74) is 5.87. The van der Waals surface area contributed by atoms with E-state index in [0.717, 1.165) is 18.1 Å². The lowest BCUT2D eigenvalue weighted by Crippen LogP contribution is -2.34. The van der Waals surface area contributed by atoms with Crippen molar-refractivity contribution in [1.82, 2.24) is 15.2 Å². The van der Waals surface area contributed by atoms with Gasteiger partial charge in [0.2, 0.25) is 0 Å². The predicted molar refractivity (Wildman–Crippen MR) is 87.9 cm³/mol.